The van der Waals surface area contributed by atoms with Gasteiger partial charge in [-0.25, -0.2) is 0 Å². The van der Waals surface area contributed by atoms with Crippen LogP contribution >= 0.6 is 11.8 Å². The molecule has 0 bridgehead atoms. The molecule has 132 valence electrons. The lowest BCUT2D eigenvalue weighted by molar-refractivity contribution is -0.118. The van der Waals surface area contributed by atoms with Crippen LogP contribution in [0, 0.1) is 5.92 Å². The third-order valence-corrected chi connectivity index (χ3v) is 6.35. The Hall–Kier alpha value is -1.07. The minimum Gasteiger partial charge on any atom is -0.355 e. The van der Waals surface area contributed by atoms with E-state index in [-0.39, 0.29) is 5.91 Å². The average molecular weight is 348 g/mol. The largest absolute Gasteiger partial charge is 0.355 e. The predicted octanol–water partition coefficient (Wildman–Crippen LogP) is 2.74. The molecule has 0 unspecified atom stereocenters. The average Bonchev–Trinajstić information content (AvgIpc) is 2.63. The molecule has 2 aliphatic heterocycles. The molecule has 0 aromatic carbocycles. The minimum atomic E-state index is 0.159. The molecule has 0 radical (unpaired) electrons. The van der Waals surface area contributed by atoms with E-state index in [2.05, 4.69) is 15.2 Å². The van der Waals surface area contributed by atoms with Gasteiger partial charge < -0.3 is 10.2 Å². The van der Waals surface area contributed by atoms with Gasteiger partial charge in [-0.05, 0) is 62.6 Å². The van der Waals surface area contributed by atoms with E-state index in [1.54, 1.807) is 6.20 Å². The third kappa shape index (κ3) is 5.21. The van der Waals surface area contributed by atoms with Gasteiger partial charge in [0.15, 0.2) is 0 Å². The van der Waals surface area contributed by atoms with Crippen LogP contribution in [0.2, 0.25) is 0 Å². The van der Waals surface area contributed by atoms with Crippen LogP contribution in [0.5, 0.6) is 0 Å². The first-order valence-electron chi connectivity index (χ1n) is 9.31. The summed E-state index contributed by atoms with van der Waals surface area (Å²) in [5.74, 6) is 2.66. The number of nitrogens with one attached hydrogen (secondary N) is 1. The first-order valence-corrected chi connectivity index (χ1v) is 10.5. The van der Waals surface area contributed by atoms with Gasteiger partial charge >= 0.3 is 0 Å². The van der Waals surface area contributed by atoms with Gasteiger partial charge in [-0.15, -0.1) is 0 Å². The van der Waals surface area contributed by atoms with Crippen LogP contribution in [0.4, 0.5) is 0 Å². The lowest BCUT2D eigenvalue weighted by Crippen LogP contribution is -2.48. The van der Waals surface area contributed by atoms with Crippen molar-refractivity contribution in [1.29, 1.82) is 0 Å². The summed E-state index contributed by atoms with van der Waals surface area (Å²) in [5.41, 5.74) is 1.03. The van der Waals surface area contributed by atoms with Gasteiger partial charge in [0.05, 0.1) is 5.75 Å². The number of rotatable bonds is 7. The zero-order chi connectivity index (χ0) is 16.6. The second-order valence-electron chi connectivity index (χ2n) is 6.94. The van der Waals surface area contributed by atoms with Gasteiger partial charge in [0.2, 0.25) is 5.91 Å². The van der Waals surface area contributed by atoms with Gasteiger partial charge in [-0.3, -0.25) is 9.78 Å². The molecular weight excluding hydrogens is 318 g/mol. The number of nitrogens with zero attached hydrogens (tertiary/aromatic N) is 2. The van der Waals surface area contributed by atoms with Crippen molar-refractivity contribution in [1.82, 2.24) is 15.2 Å². The van der Waals surface area contributed by atoms with Crippen molar-refractivity contribution in [3.05, 3.63) is 30.1 Å². The highest BCUT2D eigenvalue weighted by Gasteiger charge is 2.32. The Kier molecular flexibility index (Phi) is 6.97. The van der Waals surface area contributed by atoms with E-state index >= 15 is 0 Å². The number of thioether (sulfide) groups is 1. The third-order valence-electron chi connectivity index (χ3n) is 5.22. The fourth-order valence-corrected chi connectivity index (χ4v) is 5.10. The zero-order valence-electron chi connectivity index (χ0n) is 14.5. The summed E-state index contributed by atoms with van der Waals surface area (Å²) in [6.45, 7) is 3.26. The van der Waals surface area contributed by atoms with E-state index in [0.717, 1.165) is 29.8 Å². The molecule has 5 heteroatoms. The van der Waals surface area contributed by atoms with Gasteiger partial charge in [-0.2, -0.15) is 11.8 Å². The Balaban J connectivity index is 1.31. The summed E-state index contributed by atoms with van der Waals surface area (Å²) in [4.78, 5) is 19.0. The maximum Gasteiger partial charge on any atom is 0.230 e. The summed E-state index contributed by atoms with van der Waals surface area (Å²) in [5, 5.41) is 3.02. The van der Waals surface area contributed by atoms with Crippen LogP contribution in [0.1, 0.15) is 37.8 Å². The lowest BCUT2D eigenvalue weighted by Gasteiger charge is -2.44. The highest BCUT2D eigenvalue weighted by atomic mass is 32.2. The predicted molar refractivity (Wildman–Crippen MR) is 100 cm³/mol. The molecule has 1 aromatic rings. The molecule has 2 aliphatic rings. The lowest BCUT2D eigenvalue weighted by atomic mass is 9.85. The van der Waals surface area contributed by atoms with Gasteiger partial charge in [-0.1, -0.05) is 12.5 Å². The maximum absolute atomic E-state index is 12.0. The molecule has 2 fully saturated rings. The summed E-state index contributed by atoms with van der Waals surface area (Å²) in [6.07, 6.45) is 9.39. The molecule has 24 heavy (non-hydrogen) atoms. The molecule has 4 nitrogen and oxygen atoms in total. The molecular formula is C19H29N3OS. The number of fused-ring (bicyclic) bond motifs is 1. The summed E-state index contributed by atoms with van der Waals surface area (Å²) in [6, 6.07) is 6.68. The zero-order valence-corrected chi connectivity index (χ0v) is 15.3. The smallest absolute Gasteiger partial charge is 0.230 e. The molecule has 0 saturated carbocycles. The van der Waals surface area contributed by atoms with Crippen LogP contribution < -0.4 is 5.32 Å². The van der Waals surface area contributed by atoms with E-state index in [9.17, 15) is 4.79 Å². The number of aromatic nitrogens is 1. The fraction of sp³-hybridized carbons (Fsp3) is 0.684. The molecule has 1 N–H and O–H groups in total. The Morgan fingerprint density at radius 2 is 2.17 bits per heavy atom. The summed E-state index contributed by atoms with van der Waals surface area (Å²) < 4.78 is 0. The summed E-state index contributed by atoms with van der Waals surface area (Å²) in [7, 11) is 0. The van der Waals surface area contributed by atoms with Crippen molar-refractivity contribution in [2.45, 2.75) is 44.6 Å². The highest BCUT2D eigenvalue weighted by molar-refractivity contribution is 7.99. The topological polar surface area (TPSA) is 45.2 Å². The Morgan fingerprint density at radius 1 is 1.25 bits per heavy atom. The number of hydrogen-bond acceptors (Lipinski definition) is 4. The number of hydrogen-bond donors (Lipinski definition) is 1. The molecule has 1 amide bonds. The van der Waals surface area contributed by atoms with Crippen molar-refractivity contribution >= 4 is 17.7 Å². The molecule has 2 atom stereocenters. The molecule has 3 rings (SSSR count). The van der Waals surface area contributed by atoms with Crippen molar-refractivity contribution in [3.63, 3.8) is 0 Å². The first-order chi connectivity index (χ1) is 11.8. The number of piperidine rings is 2. The second kappa shape index (κ2) is 9.42. The van der Waals surface area contributed by atoms with Crippen LogP contribution in [-0.4, -0.2) is 53.0 Å². The fourth-order valence-electron chi connectivity index (χ4n) is 4.00. The van der Waals surface area contributed by atoms with Crippen LogP contribution in [0.25, 0.3) is 0 Å². The Morgan fingerprint density at radius 3 is 3.04 bits per heavy atom. The van der Waals surface area contributed by atoms with Gasteiger partial charge in [0.1, 0.15) is 0 Å². The molecule has 0 spiro atoms. The minimum absolute atomic E-state index is 0.159. The van der Waals surface area contributed by atoms with Crippen molar-refractivity contribution in [3.8, 4) is 0 Å². The second-order valence-corrected chi connectivity index (χ2v) is 7.97. The van der Waals surface area contributed by atoms with E-state index in [1.165, 1.54) is 45.2 Å². The van der Waals surface area contributed by atoms with Crippen LogP contribution in [0.3, 0.4) is 0 Å². The van der Waals surface area contributed by atoms with Crippen molar-refractivity contribution < 1.29 is 4.79 Å². The Bertz CT molecular complexity index is 509. The molecule has 3 heterocycles. The van der Waals surface area contributed by atoms with Crippen molar-refractivity contribution in [2.24, 2.45) is 5.92 Å². The molecule has 1 aromatic heterocycles. The van der Waals surface area contributed by atoms with Crippen LogP contribution in [-0.2, 0) is 11.2 Å². The van der Waals surface area contributed by atoms with E-state index < -0.39 is 0 Å². The molecule has 2 saturated heterocycles. The standard InChI is InChI=1S/C19H29N3OS/c23-19(21-11-9-17-7-1-3-10-20-17)15-24-14-16-6-5-13-22-12-4-2-8-18(16)22/h1,3,7,10,16,18H,2,4-6,8-9,11-15H2,(H,21,23)/t16-,18-/m1/s1. The van der Waals surface area contributed by atoms with E-state index in [4.69, 9.17) is 0 Å². The summed E-state index contributed by atoms with van der Waals surface area (Å²) >= 11 is 1.82. The highest BCUT2D eigenvalue weighted by Crippen LogP contribution is 2.32. The maximum atomic E-state index is 12.0. The monoisotopic (exact) mass is 347 g/mol. The Labute approximate surface area is 149 Å². The van der Waals surface area contributed by atoms with Gasteiger partial charge in [0, 0.05) is 30.9 Å². The van der Waals surface area contributed by atoms with E-state index in [1.807, 2.05) is 30.0 Å². The quantitative estimate of drug-likeness (QED) is 0.824. The number of carbonyl (C=O) groups excluding carboxylic acids is 1. The van der Waals surface area contributed by atoms with Crippen molar-refractivity contribution in [2.75, 3.05) is 31.1 Å². The number of amides is 1. The SMILES string of the molecule is O=C(CSC[C@H]1CCCN2CCCC[C@H]12)NCCc1ccccn1. The first kappa shape index (κ1) is 17.7. The van der Waals surface area contributed by atoms with Gasteiger partial charge in [0.25, 0.3) is 0 Å². The number of pyridine rings is 1. The van der Waals surface area contributed by atoms with Crippen LogP contribution in [0.15, 0.2) is 24.4 Å². The molecule has 0 aliphatic carbocycles. The number of carbonyl (C=O) groups is 1. The van der Waals surface area contributed by atoms with E-state index in [0.29, 0.717) is 12.3 Å². The normalized spacial score (nSPS) is 24.3.